The minimum absolute atomic E-state index is 0.196. The number of allylic oxidation sites excluding steroid dienone is 1. The molecule has 0 saturated heterocycles. The van der Waals surface area contributed by atoms with E-state index in [1.807, 2.05) is 42.2 Å². The molecular formula is C24H23ClN4OS. The van der Waals surface area contributed by atoms with Crippen molar-refractivity contribution in [2.24, 2.45) is 0 Å². The van der Waals surface area contributed by atoms with E-state index in [1.54, 1.807) is 0 Å². The molecule has 2 aromatic carbocycles. The first-order valence-electron chi connectivity index (χ1n) is 10.1. The second-order valence-electron chi connectivity index (χ2n) is 7.31. The van der Waals surface area contributed by atoms with Crippen LogP contribution in [0.15, 0.2) is 71.4 Å². The van der Waals surface area contributed by atoms with Crippen LogP contribution >= 0.6 is 23.8 Å². The van der Waals surface area contributed by atoms with Crippen LogP contribution in [0.25, 0.3) is 17.0 Å². The van der Waals surface area contributed by atoms with Gasteiger partial charge in [0.2, 0.25) is 5.82 Å². The second-order valence-corrected chi connectivity index (χ2v) is 8.13. The van der Waals surface area contributed by atoms with Gasteiger partial charge in [-0.25, -0.2) is 0 Å². The van der Waals surface area contributed by atoms with Crippen LogP contribution in [-0.2, 0) is 6.42 Å². The quantitative estimate of drug-likeness (QED) is 0.378. The number of rotatable bonds is 6. The average molecular weight is 451 g/mol. The van der Waals surface area contributed by atoms with Crippen LogP contribution in [0.3, 0.4) is 0 Å². The highest BCUT2D eigenvalue weighted by atomic mass is 35.5. The van der Waals surface area contributed by atoms with Crippen molar-refractivity contribution in [3.63, 3.8) is 0 Å². The van der Waals surface area contributed by atoms with Crippen LogP contribution in [0, 0.1) is 0 Å². The first kappa shape index (κ1) is 21.3. The predicted molar refractivity (Wildman–Crippen MR) is 129 cm³/mol. The first-order valence-corrected chi connectivity index (χ1v) is 10.9. The minimum atomic E-state index is -0.196. The molecule has 0 spiro atoms. The van der Waals surface area contributed by atoms with Crippen molar-refractivity contribution >= 4 is 34.5 Å². The van der Waals surface area contributed by atoms with Crippen molar-refractivity contribution in [1.82, 2.24) is 20.4 Å². The summed E-state index contributed by atoms with van der Waals surface area (Å²) in [5.74, 6) is 0.964. The van der Waals surface area contributed by atoms with Crippen molar-refractivity contribution in [2.75, 3.05) is 6.54 Å². The maximum atomic E-state index is 6.01. The number of aryl methyl sites for hydroxylation is 1. The fraction of sp³-hybridized carbons (Fsp3) is 0.208. The van der Waals surface area contributed by atoms with Gasteiger partial charge in [0, 0.05) is 22.8 Å². The van der Waals surface area contributed by atoms with Gasteiger partial charge in [-0.1, -0.05) is 54.0 Å². The van der Waals surface area contributed by atoms with Gasteiger partial charge in [-0.05, 0) is 61.0 Å². The summed E-state index contributed by atoms with van der Waals surface area (Å²) in [6.07, 6.45) is 2.80. The van der Waals surface area contributed by atoms with Crippen molar-refractivity contribution < 1.29 is 4.52 Å². The Labute approximate surface area is 192 Å². The molecule has 158 valence electrons. The molecule has 1 unspecified atom stereocenters. The lowest BCUT2D eigenvalue weighted by atomic mass is 9.94. The molecule has 0 fully saturated rings. The van der Waals surface area contributed by atoms with Crippen LogP contribution in [0.4, 0.5) is 0 Å². The van der Waals surface area contributed by atoms with E-state index in [2.05, 4.69) is 48.2 Å². The van der Waals surface area contributed by atoms with Gasteiger partial charge in [0.25, 0.3) is 5.89 Å². The molecule has 0 aliphatic carbocycles. The third-order valence-electron chi connectivity index (χ3n) is 5.39. The highest BCUT2D eigenvalue weighted by Gasteiger charge is 2.33. The smallest absolute Gasteiger partial charge is 0.258 e. The number of hydrogen-bond donors (Lipinski definition) is 1. The minimum Gasteiger partial charge on any atom is -0.351 e. The van der Waals surface area contributed by atoms with E-state index in [9.17, 15) is 0 Å². The number of nitrogens with one attached hydrogen (secondary N) is 1. The standard InChI is InChI=1S/C24H23ClN4OS/c1-4-14-29-15(3)20(21(26-24(29)31)17-8-6-16(5-2)7-9-17)23-27-22(28-30-23)18-10-12-19(25)13-11-18/h4,6-13,21H,1,5,14H2,2-3H3,(H,26,31). The molecule has 0 amide bonds. The molecule has 3 aromatic rings. The van der Waals surface area contributed by atoms with Crippen LogP contribution in [0.1, 0.15) is 36.9 Å². The van der Waals surface area contributed by atoms with Crippen molar-refractivity contribution in [3.05, 3.63) is 88.9 Å². The highest BCUT2D eigenvalue weighted by Crippen LogP contribution is 2.37. The lowest BCUT2D eigenvalue weighted by Gasteiger charge is -2.36. The Kier molecular flexibility index (Phi) is 6.20. The third kappa shape index (κ3) is 4.27. The molecule has 0 saturated carbocycles. The fourth-order valence-electron chi connectivity index (χ4n) is 3.65. The Morgan fingerprint density at radius 2 is 1.90 bits per heavy atom. The summed E-state index contributed by atoms with van der Waals surface area (Å²) in [6, 6.07) is 15.7. The molecule has 4 rings (SSSR count). The van der Waals surface area contributed by atoms with E-state index in [4.69, 9.17) is 33.3 Å². The van der Waals surface area contributed by atoms with Gasteiger partial charge in [-0.2, -0.15) is 4.98 Å². The van der Waals surface area contributed by atoms with Crippen molar-refractivity contribution in [1.29, 1.82) is 0 Å². The van der Waals surface area contributed by atoms with Gasteiger partial charge in [-0.3, -0.25) is 0 Å². The normalized spacial score (nSPS) is 16.4. The zero-order chi connectivity index (χ0) is 22.0. The van der Waals surface area contributed by atoms with Gasteiger partial charge in [0.05, 0.1) is 11.6 Å². The second kappa shape index (κ2) is 9.04. The molecule has 7 heteroatoms. The Morgan fingerprint density at radius 1 is 1.19 bits per heavy atom. The number of aromatic nitrogens is 2. The van der Waals surface area contributed by atoms with E-state index in [-0.39, 0.29) is 6.04 Å². The molecule has 2 heterocycles. The van der Waals surface area contributed by atoms with Gasteiger partial charge in [0.15, 0.2) is 5.11 Å². The predicted octanol–water partition coefficient (Wildman–Crippen LogP) is 5.80. The van der Waals surface area contributed by atoms with E-state index in [0.717, 1.165) is 28.8 Å². The Morgan fingerprint density at radius 3 is 2.55 bits per heavy atom. The molecule has 1 aliphatic rings. The van der Waals surface area contributed by atoms with E-state index in [0.29, 0.717) is 28.4 Å². The van der Waals surface area contributed by atoms with E-state index >= 15 is 0 Å². The lowest BCUT2D eigenvalue weighted by molar-refractivity contribution is 0.399. The highest BCUT2D eigenvalue weighted by molar-refractivity contribution is 7.80. The molecule has 31 heavy (non-hydrogen) atoms. The molecule has 0 radical (unpaired) electrons. The molecule has 1 atom stereocenters. The monoisotopic (exact) mass is 450 g/mol. The summed E-state index contributed by atoms with van der Waals surface area (Å²) in [4.78, 5) is 6.69. The molecule has 5 nitrogen and oxygen atoms in total. The summed E-state index contributed by atoms with van der Waals surface area (Å²) in [7, 11) is 0. The lowest BCUT2D eigenvalue weighted by Crippen LogP contribution is -2.45. The van der Waals surface area contributed by atoms with Crippen molar-refractivity contribution in [2.45, 2.75) is 26.3 Å². The van der Waals surface area contributed by atoms with Crippen LogP contribution < -0.4 is 5.32 Å². The number of nitrogens with zero attached hydrogens (tertiary/aromatic N) is 3. The Hall–Kier alpha value is -2.96. The van der Waals surface area contributed by atoms with Gasteiger partial charge in [0.1, 0.15) is 0 Å². The molecule has 1 N–H and O–H groups in total. The Bertz CT molecular complexity index is 1140. The van der Waals surface area contributed by atoms with Crippen LogP contribution in [0.2, 0.25) is 5.02 Å². The summed E-state index contributed by atoms with van der Waals surface area (Å²) in [5.41, 5.74) is 5.05. The van der Waals surface area contributed by atoms with Crippen LogP contribution in [-0.4, -0.2) is 26.7 Å². The van der Waals surface area contributed by atoms with E-state index in [1.165, 1.54) is 5.56 Å². The number of benzene rings is 2. The van der Waals surface area contributed by atoms with Crippen LogP contribution in [0.5, 0.6) is 0 Å². The molecule has 0 bridgehead atoms. The van der Waals surface area contributed by atoms with Gasteiger partial charge < -0.3 is 14.7 Å². The topological polar surface area (TPSA) is 54.2 Å². The summed E-state index contributed by atoms with van der Waals surface area (Å²) in [6.45, 7) is 8.60. The van der Waals surface area contributed by atoms with Crippen molar-refractivity contribution in [3.8, 4) is 11.4 Å². The molecule has 1 aliphatic heterocycles. The number of halogens is 1. The fourth-order valence-corrected chi connectivity index (χ4v) is 4.11. The number of thiocarbonyl (C=S) groups is 1. The molecule has 1 aromatic heterocycles. The molecular weight excluding hydrogens is 428 g/mol. The maximum Gasteiger partial charge on any atom is 0.258 e. The summed E-state index contributed by atoms with van der Waals surface area (Å²) in [5, 5.41) is 8.96. The van der Waals surface area contributed by atoms with Gasteiger partial charge in [-0.15, -0.1) is 6.58 Å². The zero-order valence-corrected chi connectivity index (χ0v) is 19.0. The largest absolute Gasteiger partial charge is 0.351 e. The average Bonchev–Trinajstić information content (AvgIpc) is 3.26. The number of hydrogen-bond acceptors (Lipinski definition) is 4. The zero-order valence-electron chi connectivity index (χ0n) is 17.4. The van der Waals surface area contributed by atoms with Gasteiger partial charge >= 0.3 is 0 Å². The maximum absolute atomic E-state index is 6.01. The SMILES string of the molecule is C=CCN1C(=S)NC(c2ccc(CC)cc2)C(c2nc(-c3ccc(Cl)cc3)no2)=C1C. The summed E-state index contributed by atoms with van der Waals surface area (Å²) < 4.78 is 5.73. The summed E-state index contributed by atoms with van der Waals surface area (Å²) >= 11 is 11.7. The Balaban J connectivity index is 1.79. The third-order valence-corrected chi connectivity index (χ3v) is 5.98. The van der Waals surface area contributed by atoms with E-state index < -0.39 is 0 Å². The first-order chi connectivity index (χ1) is 15.0.